The number of nitrogens with one attached hydrogen (secondary N) is 1. The van der Waals surface area contributed by atoms with Gasteiger partial charge in [-0.25, -0.2) is 0 Å². The summed E-state index contributed by atoms with van der Waals surface area (Å²) < 4.78 is 0. The van der Waals surface area contributed by atoms with E-state index in [0.29, 0.717) is 6.29 Å². The Morgan fingerprint density at radius 3 is 2.69 bits per heavy atom. The Labute approximate surface area is 73.6 Å². The number of hydrogen-bond acceptors (Lipinski definition) is 4. The molecule has 0 aliphatic carbocycles. The SMILES string of the molecule is CC(=O)c1c[nH]c(=O)c(C=O)c1N. The number of hydrogen-bond donors (Lipinski definition) is 2. The topological polar surface area (TPSA) is 93.0 Å². The first-order chi connectivity index (χ1) is 6.07. The summed E-state index contributed by atoms with van der Waals surface area (Å²) in [5.41, 5.74) is 4.73. The molecule has 1 aromatic heterocycles. The number of rotatable bonds is 2. The van der Waals surface area contributed by atoms with E-state index in [-0.39, 0.29) is 22.6 Å². The molecule has 0 fully saturated rings. The Bertz CT molecular complexity index is 420. The molecule has 0 aliphatic heterocycles. The first kappa shape index (κ1) is 9.18. The fourth-order valence-corrected chi connectivity index (χ4v) is 0.969. The van der Waals surface area contributed by atoms with Crippen LogP contribution in [0.5, 0.6) is 0 Å². The molecule has 68 valence electrons. The number of H-pyrrole nitrogens is 1. The molecule has 0 amide bonds. The van der Waals surface area contributed by atoms with Crippen molar-refractivity contribution in [1.82, 2.24) is 4.98 Å². The standard InChI is InChI=1S/C8H8N2O3/c1-4(12)5-2-10-8(13)6(3-11)7(5)9/h2-3H,1H3,(H3,9,10,13). The summed E-state index contributed by atoms with van der Waals surface area (Å²) in [6.07, 6.45) is 1.54. The second-order valence-corrected chi connectivity index (χ2v) is 2.53. The van der Waals surface area contributed by atoms with Crippen molar-refractivity contribution in [2.24, 2.45) is 0 Å². The summed E-state index contributed by atoms with van der Waals surface area (Å²) in [4.78, 5) is 34.6. The molecule has 0 spiro atoms. The summed E-state index contributed by atoms with van der Waals surface area (Å²) in [7, 11) is 0. The lowest BCUT2D eigenvalue weighted by Crippen LogP contribution is -2.17. The summed E-state index contributed by atoms with van der Waals surface area (Å²) in [5, 5.41) is 0. The van der Waals surface area contributed by atoms with Crippen molar-refractivity contribution in [3.63, 3.8) is 0 Å². The van der Waals surface area contributed by atoms with E-state index in [1.165, 1.54) is 13.1 Å². The summed E-state index contributed by atoms with van der Waals surface area (Å²) in [5.74, 6) is -0.295. The molecule has 3 N–H and O–H groups in total. The zero-order valence-electron chi connectivity index (χ0n) is 6.96. The number of carbonyl (C=O) groups excluding carboxylic acids is 2. The van der Waals surface area contributed by atoms with Gasteiger partial charge >= 0.3 is 0 Å². The van der Waals surface area contributed by atoms with Crippen LogP contribution in [0.2, 0.25) is 0 Å². The zero-order valence-corrected chi connectivity index (χ0v) is 6.96. The Morgan fingerprint density at radius 2 is 2.23 bits per heavy atom. The highest BCUT2D eigenvalue weighted by molar-refractivity contribution is 6.02. The van der Waals surface area contributed by atoms with Crippen molar-refractivity contribution in [2.75, 3.05) is 5.73 Å². The van der Waals surface area contributed by atoms with Gasteiger partial charge in [-0.2, -0.15) is 0 Å². The molecule has 5 nitrogen and oxygen atoms in total. The van der Waals surface area contributed by atoms with Gasteiger partial charge in [-0.1, -0.05) is 0 Å². The molecule has 1 rings (SSSR count). The molecule has 1 heterocycles. The molecular weight excluding hydrogens is 172 g/mol. The normalized spacial score (nSPS) is 9.62. The quantitative estimate of drug-likeness (QED) is 0.493. The lowest BCUT2D eigenvalue weighted by Gasteiger charge is -2.01. The van der Waals surface area contributed by atoms with Gasteiger partial charge in [0.05, 0.1) is 11.3 Å². The fourth-order valence-electron chi connectivity index (χ4n) is 0.969. The molecule has 0 aliphatic rings. The van der Waals surface area contributed by atoms with E-state index in [1.54, 1.807) is 0 Å². The third kappa shape index (κ3) is 1.48. The highest BCUT2D eigenvalue weighted by Gasteiger charge is 2.11. The number of nitrogen functional groups attached to an aromatic ring is 1. The molecule has 0 saturated heterocycles. The molecule has 0 atom stereocenters. The average molecular weight is 180 g/mol. The zero-order chi connectivity index (χ0) is 10.0. The molecule has 0 aromatic carbocycles. The minimum absolute atomic E-state index is 0.0637. The van der Waals surface area contributed by atoms with Crippen LogP contribution in [0.1, 0.15) is 27.6 Å². The Kier molecular flexibility index (Phi) is 2.27. The maximum absolute atomic E-state index is 11.0. The van der Waals surface area contributed by atoms with Gasteiger partial charge in [0.15, 0.2) is 12.1 Å². The molecule has 0 radical (unpaired) electrons. The molecular formula is C8H8N2O3. The number of Topliss-reactive ketones (excluding diaryl/α,β-unsaturated/α-hetero) is 1. The lowest BCUT2D eigenvalue weighted by molar-refractivity contribution is 0.101. The van der Waals surface area contributed by atoms with Crippen LogP contribution in [0.15, 0.2) is 11.0 Å². The summed E-state index contributed by atoms with van der Waals surface area (Å²) in [6.45, 7) is 1.30. The van der Waals surface area contributed by atoms with Gasteiger partial charge in [0.1, 0.15) is 5.56 Å². The van der Waals surface area contributed by atoms with Crippen LogP contribution >= 0.6 is 0 Å². The van der Waals surface area contributed by atoms with Crippen LogP contribution in [0, 0.1) is 0 Å². The molecule has 1 aromatic rings. The molecule has 13 heavy (non-hydrogen) atoms. The smallest absolute Gasteiger partial charge is 0.260 e. The van der Waals surface area contributed by atoms with E-state index >= 15 is 0 Å². The van der Waals surface area contributed by atoms with Crippen molar-refractivity contribution in [3.8, 4) is 0 Å². The second kappa shape index (κ2) is 3.22. The molecule has 0 bridgehead atoms. The van der Waals surface area contributed by atoms with Crippen molar-refractivity contribution in [2.45, 2.75) is 6.92 Å². The number of pyridine rings is 1. The van der Waals surface area contributed by atoms with E-state index in [2.05, 4.69) is 4.98 Å². The van der Waals surface area contributed by atoms with Crippen LogP contribution in [0.3, 0.4) is 0 Å². The minimum Gasteiger partial charge on any atom is -0.397 e. The highest BCUT2D eigenvalue weighted by atomic mass is 16.1. The highest BCUT2D eigenvalue weighted by Crippen LogP contribution is 2.11. The fraction of sp³-hybridized carbons (Fsp3) is 0.125. The Balaban J connectivity index is 3.53. The summed E-state index contributed by atoms with van der Waals surface area (Å²) >= 11 is 0. The van der Waals surface area contributed by atoms with E-state index in [0.717, 1.165) is 0 Å². The summed E-state index contributed by atoms with van der Waals surface area (Å²) in [6, 6.07) is 0. The maximum Gasteiger partial charge on any atom is 0.260 e. The van der Waals surface area contributed by atoms with Crippen molar-refractivity contribution >= 4 is 17.8 Å². The third-order valence-corrected chi connectivity index (χ3v) is 1.67. The minimum atomic E-state index is -0.586. The molecule has 5 heteroatoms. The van der Waals surface area contributed by atoms with E-state index in [1.807, 2.05) is 0 Å². The number of ketones is 1. The first-order valence-corrected chi connectivity index (χ1v) is 3.55. The van der Waals surface area contributed by atoms with Crippen LogP contribution in [-0.4, -0.2) is 17.1 Å². The van der Waals surface area contributed by atoms with Gasteiger partial charge in [-0.15, -0.1) is 0 Å². The van der Waals surface area contributed by atoms with Gasteiger partial charge in [0.2, 0.25) is 0 Å². The number of aromatic nitrogens is 1. The van der Waals surface area contributed by atoms with Crippen LogP contribution in [0.25, 0.3) is 0 Å². The number of aldehydes is 1. The first-order valence-electron chi connectivity index (χ1n) is 3.55. The molecule has 0 saturated carbocycles. The van der Waals surface area contributed by atoms with E-state index in [4.69, 9.17) is 5.73 Å². The van der Waals surface area contributed by atoms with Gasteiger partial charge in [-0.05, 0) is 6.92 Å². The number of anilines is 1. The predicted octanol–water partition coefficient (Wildman–Crippen LogP) is -0.0278. The third-order valence-electron chi connectivity index (χ3n) is 1.67. The Hall–Kier alpha value is -1.91. The monoisotopic (exact) mass is 180 g/mol. The van der Waals surface area contributed by atoms with Crippen molar-refractivity contribution in [3.05, 3.63) is 27.7 Å². The largest absolute Gasteiger partial charge is 0.397 e. The van der Waals surface area contributed by atoms with E-state index < -0.39 is 5.56 Å². The lowest BCUT2D eigenvalue weighted by atomic mass is 10.1. The van der Waals surface area contributed by atoms with Crippen molar-refractivity contribution in [1.29, 1.82) is 0 Å². The Morgan fingerprint density at radius 1 is 1.62 bits per heavy atom. The number of nitrogens with two attached hydrogens (primary N) is 1. The maximum atomic E-state index is 11.0. The number of carbonyl (C=O) groups is 2. The van der Waals surface area contributed by atoms with Crippen molar-refractivity contribution < 1.29 is 9.59 Å². The van der Waals surface area contributed by atoms with Gasteiger partial charge < -0.3 is 10.7 Å². The van der Waals surface area contributed by atoms with Crippen LogP contribution in [0.4, 0.5) is 5.69 Å². The van der Waals surface area contributed by atoms with Gasteiger partial charge in [0.25, 0.3) is 5.56 Å². The van der Waals surface area contributed by atoms with E-state index in [9.17, 15) is 14.4 Å². The second-order valence-electron chi connectivity index (χ2n) is 2.53. The predicted molar refractivity (Wildman–Crippen MR) is 46.9 cm³/mol. The average Bonchev–Trinajstić information content (AvgIpc) is 2.04. The van der Waals surface area contributed by atoms with Crippen LogP contribution in [-0.2, 0) is 0 Å². The number of aromatic amines is 1. The van der Waals surface area contributed by atoms with Gasteiger partial charge in [-0.3, -0.25) is 14.4 Å². The van der Waals surface area contributed by atoms with Crippen LogP contribution < -0.4 is 11.3 Å². The molecule has 0 unspecified atom stereocenters. The van der Waals surface area contributed by atoms with Gasteiger partial charge in [0, 0.05) is 6.20 Å².